The fraction of sp³-hybridized carbons (Fsp3) is 0.400. The Bertz CT molecular complexity index is 613. The first kappa shape index (κ1) is 14.9. The lowest BCUT2D eigenvalue weighted by Gasteiger charge is -2.26. The van der Waals surface area contributed by atoms with Gasteiger partial charge in [0, 0.05) is 30.7 Å². The van der Waals surface area contributed by atoms with Gasteiger partial charge in [0.05, 0.1) is 11.9 Å². The molecule has 0 radical (unpaired) electrons. The van der Waals surface area contributed by atoms with E-state index in [1.807, 2.05) is 41.1 Å². The van der Waals surface area contributed by atoms with E-state index < -0.39 is 0 Å². The minimum atomic E-state index is -0.0522. The summed E-state index contributed by atoms with van der Waals surface area (Å²) in [6.07, 6.45) is 6.23. The molecular formula is C15H19N5OS. The van der Waals surface area contributed by atoms with Crippen LogP contribution in [0.5, 0.6) is 0 Å². The predicted molar refractivity (Wildman–Crippen MR) is 88.5 cm³/mol. The summed E-state index contributed by atoms with van der Waals surface area (Å²) in [5, 5.41) is 7.06. The number of amides is 2. The van der Waals surface area contributed by atoms with Gasteiger partial charge in [0.25, 0.3) is 0 Å². The molecule has 3 rings (SSSR count). The molecule has 0 aliphatic carbocycles. The van der Waals surface area contributed by atoms with Crippen LogP contribution < -0.4 is 5.32 Å². The van der Waals surface area contributed by atoms with E-state index in [-0.39, 0.29) is 12.1 Å². The third-order valence-corrected chi connectivity index (χ3v) is 4.68. The Morgan fingerprint density at radius 3 is 3.05 bits per heavy atom. The molecule has 2 aromatic heterocycles. The number of hydrogen-bond acceptors (Lipinski definition) is 4. The number of urea groups is 1. The highest BCUT2D eigenvalue weighted by molar-refractivity contribution is 7.99. The molecule has 0 saturated carbocycles. The van der Waals surface area contributed by atoms with E-state index >= 15 is 0 Å². The van der Waals surface area contributed by atoms with E-state index in [1.54, 1.807) is 17.1 Å². The summed E-state index contributed by atoms with van der Waals surface area (Å²) >= 11 is 1.90. The topological polar surface area (TPSA) is 63.1 Å². The van der Waals surface area contributed by atoms with Gasteiger partial charge in [0.15, 0.2) is 5.82 Å². The maximum absolute atomic E-state index is 12.4. The van der Waals surface area contributed by atoms with Crippen LogP contribution in [-0.4, -0.2) is 49.8 Å². The molecule has 1 fully saturated rings. The summed E-state index contributed by atoms with van der Waals surface area (Å²) < 4.78 is 1.68. The van der Waals surface area contributed by atoms with Crippen LogP contribution >= 0.6 is 11.8 Å². The number of pyridine rings is 1. The molecule has 0 unspecified atom stereocenters. The second-order valence-electron chi connectivity index (χ2n) is 5.23. The van der Waals surface area contributed by atoms with Gasteiger partial charge in [0.2, 0.25) is 0 Å². The summed E-state index contributed by atoms with van der Waals surface area (Å²) in [7, 11) is 0. The maximum Gasteiger partial charge on any atom is 0.322 e. The van der Waals surface area contributed by atoms with Crippen LogP contribution in [0.3, 0.4) is 0 Å². The number of nitrogens with zero attached hydrogens (tertiary/aromatic N) is 4. The number of aromatic nitrogens is 3. The summed E-state index contributed by atoms with van der Waals surface area (Å²) in [6, 6.07) is 5.74. The number of carbonyl (C=O) groups is 1. The highest BCUT2D eigenvalue weighted by atomic mass is 32.2. The van der Waals surface area contributed by atoms with Gasteiger partial charge in [-0.05, 0) is 37.3 Å². The lowest BCUT2D eigenvalue weighted by Crippen LogP contribution is -2.42. The van der Waals surface area contributed by atoms with Gasteiger partial charge in [-0.3, -0.25) is 0 Å². The molecule has 3 heterocycles. The van der Waals surface area contributed by atoms with Crippen LogP contribution in [0.4, 0.5) is 10.5 Å². The summed E-state index contributed by atoms with van der Waals surface area (Å²) in [6.45, 7) is 2.89. The quantitative estimate of drug-likeness (QED) is 0.925. The molecule has 1 atom stereocenters. The van der Waals surface area contributed by atoms with Crippen molar-refractivity contribution in [3.63, 3.8) is 0 Å². The molecule has 1 aliphatic rings. The van der Waals surface area contributed by atoms with Gasteiger partial charge in [-0.25, -0.2) is 14.5 Å². The van der Waals surface area contributed by atoms with Crippen molar-refractivity contribution in [1.29, 1.82) is 0 Å². The van der Waals surface area contributed by atoms with Crippen LogP contribution in [0.1, 0.15) is 13.3 Å². The number of hydrogen-bond donors (Lipinski definition) is 1. The first-order valence-corrected chi connectivity index (χ1v) is 8.51. The standard InChI is InChI=1S/C15H19N5OS/c1-12-5-9-22-10-8-19(12)15(21)18-13-3-4-14(16-11-13)20-7-2-6-17-20/h2-4,6-7,11-12H,5,8-10H2,1H3,(H,18,21)/t12-/m0/s1. The monoisotopic (exact) mass is 317 g/mol. The van der Waals surface area contributed by atoms with Crippen molar-refractivity contribution in [2.24, 2.45) is 0 Å². The Morgan fingerprint density at radius 1 is 1.41 bits per heavy atom. The minimum Gasteiger partial charge on any atom is -0.321 e. The highest BCUT2D eigenvalue weighted by Gasteiger charge is 2.22. The largest absolute Gasteiger partial charge is 0.322 e. The minimum absolute atomic E-state index is 0.0522. The second kappa shape index (κ2) is 6.83. The van der Waals surface area contributed by atoms with E-state index in [4.69, 9.17) is 0 Å². The number of anilines is 1. The molecule has 0 spiro atoms. The van der Waals surface area contributed by atoms with E-state index in [1.165, 1.54) is 0 Å². The lowest BCUT2D eigenvalue weighted by atomic mass is 10.2. The summed E-state index contributed by atoms with van der Waals surface area (Å²) in [5.41, 5.74) is 0.699. The molecule has 1 aliphatic heterocycles. The molecule has 7 heteroatoms. The third kappa shape index (κ3) is 3.41. The molecule has 0 aromatic carbocycles. The Balaban J connectivity index is 1.66. The Labute approximate surface area is 133 Å². The number of carbonyl (C=O) groups excluding carboxylic acids is 1. The SMILES string of the molecule is C[C@H]1CCSCCN1C(=O)Nc1ccc(-n2cccn2)nc1. The van der Waals surface area contributed by atoms with Crippen molar-refractivity contribution in [1.82, 2.24) is 19.7 Å². The first-order valence-electron chi connectivity index (χ1n) is 7.35. The zero-order valence-corrected chi connectivity index (χ0v) is 13.3. The molecule has 116 valence electrons. The first-order chi connectivity index (χ1) is 10.7. The molecular weight excluding hydrogens is 298 g/mol. The van der Waals surface area contributed by atoms with Crippen LogP contribution in [0.25, 0.3) is 5.82 Å². The second-order valence-corrected chi connectivity index (χ2v) is 6.45. The molecule has 1 saturated heterocycles. The van der Waals surface area contributed by atoms with Crippen molar-refractivity contribution in [2.75, 3.05) is 23.4 Å². The number of nitrogens with one attached hydrogen (secondary N) is 1. The highest BCUT2D eigenvalue weighted by Crippen LogP contribution is 2.17. The maximum atomic E-state index is 12.4. The van der Waals surface area contributed by atoms with E-state index in [2.05, 4.69) is 22.3 Å². The molecule has 6 nitrogen and oxygen atoms in total. The van der Waals surface area contributed by atoms with Crippen molar-refractivity contribution in [3.8, 4) is 5.82 Å². The van der Waals surface area contributed by atoms with Crippen LogP contribution in [0.15, 0.2) is 36.8 Å². The zero-order chi connectivity index (χ0) is 15.4. The molecule has 0 bridgehead atoms. The van der Waals surface area contributed by atoms with Crippen LogP contribution in [0.2, 0.25) is 0 Å². The predicted octanol–water partition coefficient (Wildman–Crippen LogP) is 2.63. The average Bonchev–Trinajstić information content (AvgIpc) is 2.97. The van der Waals surface area contributed by atoms with Gasteiger partial charge >= 0.3 is 6.03 Å². The zero-order valence-electron chi connectivity index (χ0n) is 12.5. The van der Waals surface area contributed by atoms with E-state index in [0.717, 1.165) is 30.3 Å². The third-order valence-electron chi connectivity index (χ3n) is 3.69. The van der Waals surface area contributed by atoms with E-state index in [0.29, 0.717) is 5.69 Å². The van der Waals surface area contributed by atoms with Crippen molar-refractivity contribution in [2.45, 2.75) is 19.4 Å². The van der Waals surface area contributed by atoms with Crippen molar-refractivity contribution in [3.05, 3.63) is 36.8 Å². The van der Waals surface area contributed by atoms with Gasteiger partial charge in [0.1, 0.15) is 0 Å². The molecule has 2 aromatic rings. The molecule has 22 heavy (non-hydrogen) atoms. The fourth-order valence-corrected chi connectivity index (χ4v) is 3.43. The average molecular weight is 317 g/mol. The molecule has 2 amide bonds. The van der Waals surface area contributed by atoms with Gasteiger partial charge in [-0.2, -0.15) is 16.9 Å². The normalized spacial score (nSPS) is 18.8. The number of rotatable bonds is 2. The lowest BCUT2D eigenvalue weighted by molar-refractivity contribution is 0.197. The van der Waals surface area contributed by atoms with Crippen molar-refractivity contribution >= 4 is 23.5 Å². The van der Waals surface area contributed by atoms with E-state index in [9.17, 15) is 4.79 Å². The Kier molecular flexibility index (Phi) is 4.62. The summed E-state index contributed by atoms with van der Waals surface area (Å²) in [4.78, 5) is 18.6. The van der Waals surface area contributed by atoms with Gasteiger partial charge < -0.3 is 10.2 Å². The van der Waals surface area contributed by atoms with Crippen LogP contribution in [0, 0.1) is 0 Å². The Hall–Kier alpha value is -2.02. The van der Waals surface area contributed by atoms with Gasteiger partial charge in [-0.1, -0.05) is 0 Å². The number of thioether (sulfide) groups is 1. The molecule has 1 N–H and O–H groups in total. The Morgan fingerprint density at radius 2 is 2.32 bits per heavy atom. The fourth-order valence-electron chi connectivity index (χ4n) is 2.39. The van der Waals surface area contributed by atoms with Crippen LogP contribution in [-0.2, 0) is 0 Å². The van der Waals surface area contributed by atoms with Gasteiger partial charge in [-0.15, -0.1) is 0 Å². The summed E-state index contributed by atoms with van der Waals surface area (Å²) in [5.74, 6) is 2.84. The smallest absolute Gasteiger partial charge is 0.321 e. The van der Waals surface area contributed by atoms with Crippen molar-refractivity contribution < 1.29 is 4.79 Å².